The number of amides is 4. The quantitative estimate of drug-likeness (QED) is 0.494. The number of likely N-dealkylation sites (tertiary alicyclic amines) is 1. The second-order valence-electron chi connectivity index (χ2n) is 9.23. The second kappa shape index (κ2) is 11.5. The molecule has 0 aromatic heterocycles. The van der Waals surface area contributed by atoms with E-state index < -0.39 is 33.8 Å². The lowest BCUT2D eigenvalue weighted by atomic mass is 10.0. The van der Waals surface area contributed by atoms with E-state index in [-0.39, 0.29) is 34.2 Å². The van der Waals surface area contributed by atoms with Crippen molar-refractivity contribution < 1.29 is 32.3 Å². The molecule has 0 atom stereocenters. The lowest BCUT2D eigenvalue weighted by Gasteiger charge is -2.35. The Labute approximate surface area is 227 Å². The van der Waals surface area contributed by atoms with Gasteiger partial charge in [0.1, 0.15) is 0 Å². The fourth-order valence-electron chi connectivity index (χ4n) is 4.88. The van der Waals surface area contributed by atoms with E-state index in [4.69, 9.17) is 4.74 Å². The lowest BCUT2D eigenvalue weighted by Crippen LogP contribution is -2.48. The molecule has 0 bridgehead atoms. The monoisotopic (exact) mass is 556 g/mol. The molecule has 1 N–H and O–H groups in total. The Kier molecular flexibility index (Phi) is 8.36. The van der Waals surface area contributed by atoms with Gasteiger partial charge in [0.15, 0.2) is 0 Å². The standard InChI is InChI=1S/C27H32N4O7S/c1-4-30(5-2)39(36,37)21-10-8-19(9-11-21)28-24(32)18-7-12-22-23(17-18)26(34)31(25(22)33)20-13-15-29(16-14-20)27(35)38-6-3/h7-12,17,20H,4-6,13-16H2,1-3H3,(H,28,32). The van der Waals surface area contributed by atoms with Crippen LogP contribution in [0.5, 0.6) is 0 Å². The predicted molar refractivity (Wildman–Crippen MR) is 143 cm³/mol. The summed E-state index contributed by atoms with van der Waals surface area (Å²) in [6.07, 6.45) is 0.476. The van der Waals surface area contributed by atoms with Crippen LogP contribution < -0.4 is 5.32 Å². The van der Waals surface area contributed by atoms with Gasteiger partial charge < -0.3 is 15.0 Å². The van der Waals surface area contributed by atoms with Crippen molar-refractivity contribution in [3.63, 3.8) is 0 Å². The number of hydrogen-bond donors (Lipinski definition) is 1. The minimum absolute atomic E-state index is 0.124. The molecule has 2 aromatic rings. The molecule has 1 fully saturated rings. The van der Waals surface area contributed by atoms with Crippen LogP contribution in [-0.2, 0) is 14.8 Å². The van der Waals surface area contributed by atoms with Crippen LogP contribution in [0, 0.1) is 0 Å². The Morgan fingerprint density at radius 3 is 2.15 bits per heavy atom. The van der Waals surface area contributed by atoms with E-state index in [1.165, 1.54) is 51.7 Å². The predicted octanol–water partition coefficient (Wildman–Crippen LogP) is 3.19. The highest BCUT2D eigenvalue weighted by atomic mass is 32.2. The van der Waals surface area contributed by atoms with E-state index in [1.54, 1.807) is 25.7 Å². The number of piperidine rings is 1. The first kappa shape index (κ1) is 28.2. The van der Waals surface area contributed by atoms with Gasteiger partial charge in [-0.3, -0.25) is 19.3 Å². The van der Waals surface area contributed by atoms with Crippen LogP contribution in [-0.4, -0.2) is 85.2 Å². The minimum Gasteiger partial charge on any atom is -0.450 e. The SMILES string of the molecule is CCOC(=O)N1CCC(N2C(=O)c3ccc(C(=O)Nc4ccc(S(=O)(=O)N(CC)CC)cc4)cc3C2=O)CC1. The van der Waals surface area contributed by atoms with Crippen LogP contribution in [0.2, 0.25) is 0 Å². The maximum Gasteiger partial charge on any atom is 0.409 e. The highest BCUT2D eigenvalue weighted by Gasteiger charge is 2.41. The van der Waals surface area contributed by atoms with Crippen molar-refractivity contribution in [3.8, 4) is 0 Å². The molecule has 4 rings (SSSR count). The number of anilines is 1. The summed E-state index contributed by atoms with van der Waals surface area (Å²) in [5, 5.41) is 2.71. The second-order valence-corrected chi connectivity index (χ2v) is 11.2. The van der Waals surface area contributed by atoms with E-state index in [1.807, 2.05) is 0 Å². The molecule has 1 saturated heterocycles. The average Bonchev–Trinajstić information content (AvgIpc) is 3.18. The van der Waals surface area contributed by atoms with Gasteiger partial charge >= 0.3 is 6.09 Å². The van der Waals surface area contributed by atoms with Gasteiger partial charge in [-0.2, -0.15) is 4.31 Å². The van der Waals surface area contributed by atoms with Gasteiger partial charge in [-0.15, -0.1) is 0 Å². The third-order valence-electron chi connectivity index (χ3n) is 6.99. The number of sulfonamides is 1. The van der Waals surface area contributed by atoms with E-state index in [9.17, 15) is 27.6 Å². The first-order valence-corrected chi connectivity index (χ1v) is 14.4. The number of fused-ring (bicyclic) bond motifs is 1. The molecule has 0 saturated carbocycles. The number of imide groups is 1. The highest BCUT2D eigenvalue weighted by Crippen LogP contribution is 2.30. The molecule has 2 aliphatic heterocycles. The summed E-state index contributed by atoms with van der Waals surface area (Å²) in [4.78, 5) is 54.1. The molecule has 0 spiro atoms. The Hall–Kier alpha value is -3.77. The third kappa shape index (κ3) is 5.52. The zero-order valence-electron chi connectivity index (χ0n) is 22.2. The Balaban J connectivity index is 1.44. The zero-order valence-corrected chi connectivity index (χ0v) is 23.0. The van der Waals surface area contributed by atoms with Crippen LogP contribution in [0.3, 0.4) is 0 Å². The molecule has 208 valence electrons. The van der Waals surface area contributed by atoms with Crippen LogP contribution in [0.4, 0.5) is 10.5 Å². The molecule has 2 heterocycles. The lowest BCUT2D eigenvalue weighted by molar-refractivity contribution is 0.0485. The number of hydrogen-bond acceptors (Lipinski definition) is 7. The Morgan fingerprint density at radius 2 is 1.56 bits per heavy atom. The van der Waals surface area contributed by atoms with Crippen molar-refractivity contribution in [3.05, 3.63) is 59.2 Å². The number of carbonyl (C=O) groups excluding carboxylic acids is 4. The largest absolute Gasteiger partial charge is 0.450 e. The molecule has 0 unspecified atom stereocenters. The summed E-state index contributed by atoms with van der Waals surface area (Å²) in [7, 11) is -3.62. The summed E-state index contributed by atoms with van der Waals surface area (Å²) in [6.45, 7) is 6.98. The highest BCUT2D eigenvalue weighted by molar-refractivity contribution is 7.89. The van der Waals surface area contributed by atoms with Crippen molar-refractivity contribution in [2.75, 3.05) is 38.1 Å². The molecule has 12 heteroatoms. The first-order chi connectivity index (χ1) is 18.6. The number of rotatable bonds is 8. The molecule has 39 heavy (non-hydrogen) atoms. The van der Waals surface area contributed by atoms with Gasteiger partial charge in [-0.05, 0) is 62.2 Å². The van der Waals surface area contributed by atoms with Crippen molar-refractivity contribution in [2.45, 2.75) is 44.6 Å². The minimum atomic E-state index is -3.62. The fourth-order valence-corrected chi connectivity index (χ4v) is 6.34. The smallest absolute Gasteiger partial charge is 0.409 e. The van der Waals surface area contributed by atoms with Crippen LogP contribution in [0.15, 0.2) is 47.4 Å². The maximum absolute atomic E-state index is 13.2. The van der Waals surface area contributed by atoms with E-state index in [0.29, 0.717) is 44.7 Å². The number of nitrogens with zero attached hydrogens (tertiary/aromatic N) is 3. The molecule has 11 nitrogen and oxygen atoms in total. The van der Waals surface area contributed by atoms with Gasteiger partial charge in [0.05, 0.1) is 22.6 Å². The van der Waals surface area contributed by atoms with Crippen LogP contribution in [0.25, 0.3) is 0 Å². The third-order valence-corrected chi connectivity index (χ3v) is 9.06. The molecule has 0 radical (unpaired) electrons. The molecule has 0 aliphatic carbocycles. The molecular formula is C27H32N4O7S. The van der Waals surface area contributed by atoms with Gasteiger partial charge in [-0.25, -0.2) is 13.2 Å². The molecule has 2 aliphatic rings. The number of carbonyl (C=O) groups is 4. The van der Waals surface area contributed by atoms with Gasteiger partial charge in [0.2, 0.25) is 10.0 Å². The summed E-state index contributed by atoms with van der Waals surface area (Å²) in [6, 6.07) is 9.85. The Morgan fingerprint density at radius 1 is 0.949 bits per heavy atom. The summed E-state index contributed by atoms with van der Waals surface area (Å²) in [5.74, 6) is -1.38. The summed E-state index contributed by atoms with van der Waals surface area (Å²) >= 11 is 0. The van der Waals surface area contributed by atoms with Crippen molar-refractivity contribution in [1.82, 2.24) is 14.1 Å². The number of ether oxygens (including phenoxy) is 1. The maximum atomic E-state index is 13.2. The average molecular weight is 557 g/mol. The van der Waals surface area contributed by atoms with E-state index in [2.05, 4.69) is 5.32 Å². The fraction of sp³-hybridized carbons (Fsp3) is 0.407. The normalized spacial score (nSPS) is 16.0. The van der Waals surface area contributed by atoms with Crippen molar-refractivity contribution in [1.29, 1.82) is 0 Å². The summed E-state index contributed by atoms with van der Waals surface area (Å²) < 4.78 is 31.7. The zero-order chi connectivity index (χ0) is 28.3. The van der Waals surface area contributed by atoms with Gasteiger partial charge in [0, 0.05) is 43.5 Å². The van der Waals surface area contributed by atoms with Crippen molar-refractivity contribution >= 4 is 39.5 Å². The number of nitrogens with one attached hydrogen (secondary N) is 1. The van der Waals surface area contributed by atoms with E-state index in [0.717, 1.165) is 0 Å². The molecular weight excluding hydrogens is 524 g/mol. The molecule has 2 aromatic carbocycles. The number of benzene rings is 2. The molecule has 4 amide bonds. The van der Waals surface area contributed by atoms with Crippen LogP contribution >= 0.6 is 0 Å². The summed E-state index contributed by atoms with van der Waals surface area (Å²) in [5.41, 5.74) is 0.960. The van der Waals surface area contributed by atoms with E-state index >= 15 is 0 Å². The van der Waals surface area contributed by atoms with Crippen molar-refractivity contribution in [2.24, 2.45) is 0 Å². The topological polar surface area (TPSA) is 133 Å². The Bertz CT molecular complexity index is 1380. The van der Waals surface area contributed by atoms with Gasteiger partial charge in [0.25, 0.3) is 17.7 Å². The first-order valence-electron chi connectivity index (χ1n) is 13.0. The van der Waals surface area contributed by atoms with Gasteiger partial charge in [-0.1, -0.05) is 13.8 Å². The van der Waals surface area contributed by atoms with Crippen LogP contribution in [0.1, 0.15) is 64.7 Å².